The summed E-state index contributed by atoms with van der Waals surface area (Å²) in [5.74, 6) is -0.880. The summed E-state index contributed by atoms with van der Waals surface area (Å²) >= 11 is 0. The van der Waals surface area contributed by atoms with Gasteiger partial charge in [-0.05, 0) is 103 Å². The van der Waals surface area contributed by atoms with E-state index < -0.39 is 6.10 Å². The standard InChI is InChI=1S/C67H118O6/c1-4-7-10-13-16-19-22-25-28-31-33-36-39-42-45-48-51-54-57-60-66(69)72-63-64(62-71-65(68)59-56-53-50-47-44-41-38-35-30-27-24-21-18-15-12-9-6-3)73-67(70)61-58-55-52-49-46-43-40-37-34-32-29-26-23-20-17-14-11-8-5-2/h16-23,25-27,30,64H,4-15,24,28-29,31-63H2,1-3H3/b19-16-,20-17-,21-18-,25-22-,26-23-,30-27-. The van der Waals surface area contributed by atoms with Gasteiger partial charge in [0, 0.05) is 19.3 Å². The first-order valence-electron chi connectivity index (χ1n) is 31.5. The largest absolute Gasteiger partial charge is 0.462 e. The number of ether oxygens (including phenoxy) is 3. The number of hydrogen-bond acceptors (Lipinski definition) is 6. The molecule has 73 heavy (non-hydrogen) atoms. The van der Waals surface area contributed by atoms with Crippen molar-refractivity contribution in [2.45, 2.75) is 322 Å². The molecule has 6 nitrogen and oxygen atoms in total. The minimum Gasteiger partial charge on any atom is -0.462 e. The van der Waals surface area contributed by atoms with E-state index in [0.717, 1.165) is 70.6 Å². The summed E-state index contributed by atoms with van der Waals surface area (Å²) in [6.07, 6.45) is 78.9. The molecular weight excluding hydrogens is 901 g/mol. The Morgan fingerprint density at radius 3 is 0.836 bits per heavy atom. The molecular formula is C67H118O6. The lowest BCUT2D eigenvalue weighted by atomic mass is 10.1. The third kappa shape index (κ3) is 59.6. The number of unbranched alkanes of at least 4 members (excludes halogenated alkanes) is 36. The first kappa shape index (κ1) is 69.8. The summed E-state index contributed by atoms with van der Waals surface area (Å²) in [7, 11) is 0. The first-order chi connectivity index (χ1) is 36.0. The average molecular weight is 1020 g/mol. The minimum absolute atomic E-state index is 0.0798. The number of esters is 3. The van der Waals surface area contributed by atoms with E-state index >= 15 is 0 Å². The number of hydrogen-bond donors (Lipinski definition) is 0. The third-order valence-corrected chi connectivity index (χ3v) is 13.7. The third-order valence-electron chi connectivity index (χ3n) is 13.7. The highest BCUT2D eigenvalue weighted by Gasteiger charge is 2.19. The molecule has 0 aliphatic heterocycles. The van der Waals surface area contributed by atoms with E-state index in [4.69, 9.17) is 14.2 Å². The first-order valence-corrected chi connectivity index (χ1v) is 31.5. The van der Waals surface area contributed by atoms with E-state index in [0.29, 0.717) is 19.3 Å². The fraction of sp³-hybridized carbons (Fsp3) is 0.776. The summed E-state index contributed by atoms with van der Waals surface area (Å²) in [5.41, 5.74) is 0. The smallest absolute Gasteiger partial charge is 0.306 e. The Morgan fingerprint density at radius 1 is 0.288 bits per heavy atom. The van der Waals surface area contributed by atoms with Gasteiger partial charge in [-0.15, -0.1) is 0 Å². The van der Waals surface area contributed by atoms with E-state index in [9.17, 15) is 14.4 Å². The minimum atomic E-state index is -0.783. The van der Waals surface area contributed by atoms with Crippen LogP contribution in [0.5, 0.6) is 0 Å². The zero-order valence-corrected chi connectivity index (χ0v) is 48.4. The van der Waals surface area contributed by atoms with E-state index in [1.54, 1.807) is 0 Å². The highest BCUT2D eigenvalue weighted by atomic mass is 16.6. The van der Waals surface area contributed by atoms with Gasteiger partial charge in [0.2, 0.25) is 0 Å². The van der Waals surface area contributed by atoms with Gasteiger partial charge < -0.3 is 14.2 Å². The van der Waals surface area contributed by atoms with Crippen LogP contribution in [0.3, 0.4) is 0 Å². The van der Waals surface area contributed by atoms with Crippen molar-refractivity contribution < 1.29 is 28.6 Å². The Bertz CT molecular complexity index is 1360. The average Bonchev–Trinajstić information content (AvgIpc) is 3.39. The molecule has 0 aromatic heterocycles. The van der Waals surface area contributed by atoms with Crippen LogP contribution in [0.4, 0.5) is 0 Å². The van der Waals surface area contributed by atoms with Crippen LogP contribution in [0.15, 0.2) is 72.9 Å². The molecule has 1 unspecified atom stereocenters. The van der Waals surface area contributed by atoms with Gasteiger partial charge in [0.05, 0.1) is 0 Å². The Hall–Kier alpha value is -3.15. The predicted octanol–water partition coefficient (Wildman–Crippen LogP) is 21.3. The summed E-state index contributed by atoms with van der Waals surface area (Å²) in [4.78, 5) is 38.3. The molecule has 0 aromatic rings. The van der Waals surface area contributed by atoms with Gasteiger partial charge in [-0.25, -0.2) is 0 Å². The SMILES string of the molecule is CCCCC/C=C\C=C/CCCCCCCCCCCCC(=O)OCC(COC(=O)CCCCCCCCC/C=C\C/C=C\CCCCC)OC(=O)CCCCCCCCCCCC/C=C\C=C/CCCCC. The van der Waals surface area contributed by atoms with Crippen molar-refractivity contribution in [1.29, 1.82) is 0 Å². The second-order valence-corrected chi connectivity index (χ2v) is 21.0. The molecule has 0 fully saturated rings. The number of carbonyl (C=O) groups excluding carboxylic acids is 3. The number of carbonyl (C=O) groups is 3. The van der Waals surface area contributed by atoms with Crippen molar-refractivity contribution in [3.05, 3.63) is 72.9 Å². The van der Waals surface area contributed by atoms with Crippen molar-refractivity contribution in [1.82, 2.24) is 0 Å². The molecule has 0 N–H and O–H groups in total. The van der Waals surface area contributed by atoms with Crippen molar-refractivity contribution in [3.8, 4) is 0 Å². The topological polar surface area (TPSA) is 78.9 Å². The molecule has 0 aromatic carbocycles. The molecule has 0 saturated carbocycles. The molecule has 0 aliphatic rings. The Kier molecular flexibility index (Phi) is 58.7. The zero-order valence-electron chi connectivity index (χ0n) is 48.4. The van der Waals surface area contributed by atoms with Crippen LogP contribution >= 0.6 is 0 Å². The fourth-order valence-electron chi connectivity index (χ4n) is 8.93. The van der Waals surface area contributed by atoms with Crippen molar-refractivity contribution in [2.24, 2.45) is 0 Å². The maximum atomic E-state index is 12.9. The van der Waals surface area contributed by atoms with E-state index in [-0.39, 0.29) is 31.1 Å². The van der Waals surface area contributed by atoms with Gasteiger partial charge in [0.15, 0.2) is 6.10 Å². The molecule has 0 spiro atoms. The molecule has 0 heterocycles. The molecule has 0 radical (unpaired) electrons. The monoisotopic (exact) mass is 1020 g/mol. The molecule has 0 saturated heterocycles. The second kappa shape index (κ2) is 61.4. The van der Waals surface area contributed by atoms with Crippen LogP contribution < -0.4 is 0 Å². The van der Waals surface area contributed by atoms with Crippen LogP contribution in [0.2, 0.25) is 0 Å². The molecule has 0 rings (SSSR count). The Morgan fingerprint density at radius 2 is 0.534 bits per heavy atom. The van der Waals surface area contributed by atoms with Gasteiger partial charge in [-0.1, -0.05) is 267 Å². The molecule has 422 valence electrons. The lowest BCUT2D eigenvalue weighted by molar-refractivity contribution is -0.167. The van der Waals surface area contributed by atoms with Crippen molar-refractivity contribution >= 4 is 17.9 Å². The Labute approximate surface area is 453 Å². The molecule has 0 bridgehead atoms. The summed E-state index contributed by atoms with van der Waals surface area (Å²) in [6, 6.07) is 0. The van der Waals surface area contributed by atoms with Crippen molar-refractivity contribution in [2.75, 3.05) is 13.2 Å². The molecule has 0 amide bonds. The van der Waals surface area contributed by atoms with Crippen LogP contribution in [-0.4, -0.2) is 37.2 Å². The van der Waals surface area contributed by atoms with Gasteiger partial charge in [-0.3, -0.25) is 14.4 Å². The highest BCUT2D eigenvalue weighted by molar-refractivity contribution is 5.71. The van der Waals surface area contributed by atoms with Gasteiger partial charge in [-0.2, -0.15) is 0 Å². The Balaban J connectivity index is 4.39. The van der Waals surface area contributed by atoms with Gasteiger partial charge in [0.1, 0.15) is 13.2 Å². The molecule has 6 heteroatoms. The van der Waals surface area contributed by atoms with Crippen LogP contribution in [0, 0.1) is 0 Å². The quantitative estimate of drug-likeness (QED) is 0.0199. The lowest BCUT2D eigenvalue weighted by Crippen LogP contribution is -2.30. The van der Waals surface area contributed by atoms with Gasteiger partial charge >= 0.3 is 17.9 Å². The summed E-state index contributed by atoms with van der Waals surface area (Å²) in [6.45, 7) is 6.58. The zero-order chi connectivity index (χ0) is 52.9. The number of allylic oxidation sites excluding steroid dienone is 12. The normalized spacial score (nSPS) is 12.5. The summed E-state index contributed by atoms with van der Waals surface area (Å²) in [5, 5.41) is 0. The summed E-state index contributed by atoms with van der Waals surface area (Å²) < 4.78 is 16.9. The molecule has 0 aliphatic carbocycles. The predicted molar refractivity (Wildman–Crippen MR) is 316 cm³/mol. The maximum Gasteiger partial charge on any atom is 0.306 e. The number of rotatable bonds is 57. The van der Waals surface area contributed by atoms with Crippen molar-refractivity contribution in [3.63, 3.8) is 0 Å². The van der Waals surface area contributed by atoms with Crippen LogP contribution in [0.1, 0.15) is 316 Å². The van der Waals surface area contributed by atoms with E-state index in [2.05, 4.69) is 93.7 Å². The van der Waals surface area contributed by atoms with Crippen LogP contribution in [0.25, 0.3) is 0 Å². The lowest BCUT2D eigenvalue weighted by Gasteiger charge is -2.18. The van der Waals surface area contributed by atoms with E-state index in [1.165, 1.54) is 205 Å². The second-order valence-electron chi connectivity index (χ2n) is 21.0. The maximum absolute atomic E-state index is 12.9. The van der Waals surface area contributed by atoms with Gasteiger partial charge in [0.25, 0.3) is 0 Å². The fourth-order valence-corrected chi connectivity index (χ4v) is 8.93. The molecule has 1 atom stereocenters. The van der Waals surface area contributed by atoms with E-state index in [1.807, 2.05) is 0 Å². The van der Waals surface area contributed by atoms with Crippen LogP contribution in [-0.2, 0) is 28.6 Å². The highest BCUT2D eigenvalue weighted by Crippen LogP contribution is 2.16.